The number of alkyl halides is 6. The molecule has 0 spiro atoms. The van der Waals surface area contributed by atoms with Crippen LogP contribution in [0.5, 0.6) is 5.75 Å². The fourth-order valence-electron chi connectivity index (χ4n) is 1.07. The van der Waals surface area contributed by atoms with E-state index in [1.165, 1.54) is 12.1 Å². The average molecular weight is 413 g/mol. The summed E-state index contributed by atoms with van der Waals surface area (Å²) in [5.41, 5.74) is -5.83. The predicted molar refractivity (Wildman–Crippen MR) is 59.6 cm³/mol. The zero-order valence-corrected chi connectivity index (χ0v) is 11.3. The Hall–Kier alpha value is -1.04. The van der Waals surface area contributed by atoms with Crippen LogP contribution in [-0.2, 0) is 4.79 Å². The fraction of sp³-hybridized carbons (Fsp3) is 0.300. The van der Waals surface area contributed by atoms with Crippen molar-refractivity contribution in [2.45, 2.75) is 18.0 Å². The van der Waals surface area contributed by atoms with Crippen LogP contribution in [-0.4, -0.2) is 23.9 Å². The van der Waals surface area contributed by atoms with Crippen LogP contribution in [0.1, 0.15) is 0 Å². The van der Waals surface area contributed by atoms with Crippen LogP contribution >= 0.6 is 22.6 Å². The van der Waals surface area contributed by atoms with Gasteiger partial charge in [0.1, 0.15) is 5.75 Å². The summed E-state index contributed by atoms with van der Waals surface area (Å²) in [7, 11) is 0. The van der Waals surface area contributed by atoms with E-state index in [1.54, 1.807) is 0 Å². The molecule has 1 rings (SSSR count). The largest absolute Gasteiger partial charge is 0.828 e. The molecule has 0 heterocycles. The molecule has 112 valence electrons. The van der Waals surface area contributed by atoms with Crippen molar-refractivity contribution in [3.63, 3.8) is 0 Å². The maximum atomic E-state index is 12.3. The lowest BCUT2D eigenvalue weighted by molar-refractivity contribution is -0.573. The molecule has 0 aliphatic carbocycles. The molecule has 1 aromatic rings. The van der Waals surface area contributed by atoms with E-state index in [0.29, 0.717) is 3.57 Å². The number of halogens is 7. The lowest BCUT2D eigenvalue weighted by atomic mass is 10.0. The quantitative estimate of drug-likeness (QED) is 0.324. The molecule has 0 aliphatic rings. The van der Waals surface area contributed by atoms with Crippen molar-refractivity contribution >= 4 is 28.6 Å². The summed E-state index contributed by atoms with van der Waals surface area (Å²) in [4.78, 5) is 11.0. The van der Waals surface area contributed by atoms with Gasteiger partial charge in [-0.3, -0.25) is 4.79 Å². The highest BCUT2D eigenvalue weighted by molar-refractivity contribution is 14.1. The Morgan fingerprint density at radius 2 is 1.40 bits per heavy atom. The number of carbonyl (C=O) groups is 1. The van der Waals surface area contributed by atoms with E-state index < -0.39 is 29.7 Å². The van der Waals surface area contributed by atoms with E-state index in [1.807, 2.05) is 22.6 Å². The van der Waals surface area contributed by atoms with Crippen LogP contribution in [0.25, 0.3) is 0 Å². The topological polar surface area (TPSA) is 49.4 Å². The van der Waals surface area contributed by atoms with Crippen LogP contribution in [0, 0.1) is 3.57 Å². The third kappa shape index (κ3) is 3.16. The highest BCUT2D eigenvalue weighted by atomic mass is 127. The molecule has 0 fully saturated rings. The van der Waals surface area contributed by atoms with Gasteiger partial charge in [-0.05, 0) is 46.9 Å². The normalized spacial score (nSPS) is 13.2. The number of ether oxygens (including phenoxy) is 1. The Morgan fingerprint density at radius 3 is 1.75 bits per heavy atom. The van der Waals surface area contributed by atoms with Gasteiger partial charge in [0.2, 0.25) is 0 Å². The molecule has 1 aromatic carbocycles. The Balaban J connectivity index is 3.11. The Bertz CT molecular complexity index is 479. The van der Waals surface area contributed by atoms with E-state index in [9.17, 15) is 36.2 Å². The highest BCUT2D eigenvalue weighted by Crippen LogP contribution is 2.41. The average Bonchev–Trinajstić information content (AvgIpc) is 2.28. The third-order valence-electron chi connectivity index (χ3n) is 2.11. The monoisotopic (exact) mass is 413 g/mol. The van der Waals surface area contributed by atoms with Crippen LogP contribution in [0.2, 0.25) is 0 Å². The van der Waals surface area contributed by atoms with Gasteiger partial charge < -0.3 is 9.84 Å². The van der Waals surface area contributed by atoms with E-state index in [2.05, 4.69) is 4.74 Å². The lowest BCUT2D eigenvalue weighted by Gasteiger charge is -2.39. The number of benzene rings is 1. The maximum Gasteiger partial charge on any atom is 0.399 e. The number of carbonyl (C=O) groups excluding carboxylic acids is 1. The highest BCUT2D eigenvalue weighted by Gasteiger charge is 2.68. The smallest absolute Gasteiger partial charge is 0.399 e. The summed E-state index contributed by atoms with van der Waals surface area (Å²) in [6.45, 7) is 0. The summed E-state index contributed by atoms with van der Waals surface area (Å²) in [5, 5.41) is 11.0. The predicted octanol–water partition coefficient (Wildman–Crippen LogP) is 2.42. The molecular formula is C10H4F6IO3-. The summed E-state index contributed by atoms with van der Waals surface area (Å²) < 4.78 is 78.2. The first-order valence-electron chi connectivity index (χ1n) is 4.71. The molecule has 0 saturated heterocycles. The van der Waals surface area contributed by atoms with Gasteiger partial charge in [0.05, 0.1) is 0 Å². The summed E-state index contributed by atoms with van der Waals surface area (Å²) in [5.74, 6) is -3.57. The molecular weight excluding hydrogens is 409 g/mol. The molecule has 0 aliphatic heterocycles. The summed E-state index contributed by atoms with van der Waals surface area (Å²) >= 11 is 1.81. The molecule has 0 aromatic heterocycles. The number of rotatable bonds is 2. The van der Waals surface area contributed by atoms with E-state index in [0.717, 1.165) is 12.1 Å². The standard InChI is InChI=1S/C10H4F6IO3/c11-9(12,13)8(19,10(14,15)16)7(18)20-6-3-1-5(17)2-4-6/h1-4H/q-1. The second kappa shape index (κ2) is 5.39. The summed E-state index contributed by atoms with van der Waals surface area (Å²) in [6.07, 6.45) is -12.7. The van der Waals surface area contributed by atoms with Crippen LogP contribution in [0.15, 0.2) is 24.3 Å². The number of hydrogen-bond acceptors (Lipinski definition) is 3. The van der Waals surface area contributed by atoms with Gasteiger partial charge in [-0.15, -0.1) is 0 Å². The molecule has 0 N–H and O–H groups in total. The Labute approximate surface area is 121 Å². The van der Waals surface area contributed by atoms with Gasteiger partial charge in [0, 0.05) is 3.57 Å². The first kappa shape index (κ1) is 17.0. The fourth-order valence-corrected chi connectivity index (χ4v) is 1.43. The van der Waals surface area contributed by atoms with Gasteiger partial charge in [-0.25, -0.2) is 0 Å². The SMILES string of the molecule is O=C(Oc1ccc(I)cc1)C([O-])(C(F)(F)F)C(F)(F)F. The molecule has 0 bridgehead atoms. The van der Waals surface area contributed by atoms with Crippen molar-refractivity contribution in [1.82, 2.24) is 0 Å². The first-order chi connectivity index (χ1) is 8.89. The first-order valence-corrected chi connectivity index (χ1v) is 5.79. The van der Waals surface area contributed by atoms with Crippen LogP contribution in [0.3, 0.4) is 0 Å². The van der Waals surface area contributed by atoms with Crippen molar-refractivity contribution in [3.05, 3.63) is 27.8 Å². The minimum Gasteiger partial charge on any atom is -0.828 e. The van der Waals surface area contributed by atoms with Crippen molar-refractivity contribution in [3.8, 4) is 5.75 Å². The maximum absolute atomic E-state index is 12.3. The van der Waals surface area contributed by atoms with Crippen molar-refractivity contribution < 1.29 is 41.0 Å². The molecule has 20 heavy (non-hydrogen) atoms. The third-order valence-corrected chi connectivity index (χ3v) is 2.83. The van der Waals surface area contributed by atoms with Crippen molar-refractivity contribution in [1.29, 1.82) is 0 Å². The van der Waals surface area contributed by atoms with Crippen molar-refractivity contribution in [2.75, 3.05) is 0 Å². The van der Waals surface area contributed by atoms with E-state index >= 15 is 0 Å². The molecule has 0 radical (unpaired) electrons. The van der Waals surface area contributed by atoms with Crippen LogP contribution in [0.4, 0.5) is 26.3 Å². The van der Waals surface area contributed by atoms with Gasteiger partial charge in [-0.1, -0.05) is 0 Å². The zero-order chi connectivity index (χ0) is 15.8. The molecule has 10 heteroatoms. The molecule has 0 saturated carbocycles. The molecule has 0 atom stereocenters. The van der Waals surface area contributed by atoms with E-state index in [-0.39, 0.29) is 0 Å². The number of hydrogen-bond donors (Lipinski definition) is 0. The molecule has 3 nitrogen and oxygen atoms in total. The summed E-state index contributed by atoms with van der Waals surface area (Å²) in [6, 6.07) is 4.48. The van der Waals surface area contributed by atoms with Gasteiger partial charge in [-0.2, -0.15) is 26.3 Å². The Morgan fingerprint density at radius 1 is 1.00 bits per heavy atom. The minimum absolute atomic E-state index is 0.593. The van der Waals surface area contributed by atoms with Gasteiger partial charge in [0.25, 0.3) is 0 Å². The molecule has 0 unspecified atom stereocenters. The van der Waals surface area contributed by atoms with Crippen molar-refractivity contribution in [2.24, 2.45) is 0 Å². The van der Waals surface area contributed by atoms with Gasteiger partial charge in [0.15, 0.2) is 5.60 Å². The second-order valence-electron chi connectivity index (χ2n) is 3.52. The Kier molecular flexibility index (Phi) is 4.58. The molecule has 0 amide bonds. The van der Waals surface area contributed by atoms with Gasteiger partial charge >= 0.3 is 18.3 Å². The minimum atomic E-state index is -6.37. The second-order valence-corrected chi connectivity index (χ2v) is 4.77. The van der Waals surface area contributed by atoms with E-state index in [4.69, 9.17) is 0 Å². The lowest BCUT2D eigenvalue weighted by Crippen LogP contribution is -2.72. The number of esters is 1. The van der Waals surface area contributed by atoms with Crippen LogP contribution < -0.4 is 9.84 Å². The zero-order valence-electron chi connectivity index (χ0n) is 9.18.